The number of carbonyl (C=O) groups excluding carboxylic acids is 1. The molecule has 1 atom stereocenters. The van der Waals surface area contributed by atoms with Crippen LogP contribution in [0.15, 0.2) is 42.7 Å². The molecule has 2 heterocycles. The lowest BCUT2D eigenvalue weighted by molar-refractivity contribution is 0.234. The molecular formula is C25H26F2N4O3. The van der Waals surface area contributed by atoms with Crippen LogP contribution in [0, 0.1) is 17.6 Å². The lowest BCUT2D eigenvalue weighted by atomic mass is 10.0. The molecule has 1 saturated carbocycles. The van der Waals surface area contributed by atoms with Crippen molar-refractivity contribution in [1.29, 1.82) is 0 Å². The van der Waals surface area contributed by atoms with E-state index in [9.17, 15) is 18.7 Å². The third-order valence-corrected chi connectivity index (χ3v) is 6.31. The van der Waals surface area contributed by atoms with E-state index >= 15 is 0 Å². The summed E-state index contributed by atoms with van der Waals surface area (Å²) in [7, 11) is 0. The average molecular weight is 469 g/mol. The van der Waals surface area contributed by atoms with Crippen LogP contribution in [0.4, 0.5) is 19.3 Å². The number of aliphatic hydroxyl groups is 1. The molecule has 2 aliphatic rings. The first-order chi connectivity index (χ1) is 16.5. The largest absolute Gasteiger partial charge is 0.493 e. The summed E-state index contributed by atoms with van der Waals surface area (Å²) in [5, 5.41) is 19.0. The van der Waals surface area contributed by atoms with Gasteiger partial charge in [0.1, 0.15) is 17.4 Å². The zero-order chi connectivity index (χ0) is 23.7. The Morgan fingerprint density at radius 2 is 2.12 bits per heavy atom. The average Bonchev–Trinajstić information content (AvgIpc) is 3.31. The summed E-state index contributed by atoms with van der Waals surface area (Å²) < 4.78 is 34.8. The normalized spacial score (nSPS) is 15.8. The fourth-order valence-electron chi connectivity index (χ4n) is 4.29. The molecular weight excluding hydrogens is 442 g/mol. The third-order valence-electron chi connectivity index (χ3n) is 6.31. The summed E-state index contributed by atoms with van der Waals surface area (Å²) in [5.41, 5.74) is 2.92. The number of aliphatic hydroxyl groups excluding tert-OH is 1. The van der Waals surface area contributed by atoms with E-state index in [-0.39, 0.29) is 13.0 Å². The molecule has 1 fully saturated rings. The van der Waals surface area contributed by atoms with Crippen molar-refractivity contribution in [3.8, 4) is 16.9 Å². The Labute approximate surface area is 195 Å². The molecule has 2 amide bonds. The first kappa shape index (κ1) is 22.3. The fourth-order valence-corrected chi connectivity index (χ4v) is 4.29. The zero-order valence-corrected chi connectivity index (χ0v) is 18.6. The number of carbonyl (C=O) groups is 1. The molecule has 0 spiro atoms. The number of fused-ring (bicyclic) bond motifs is 1. The van der Waals surface area contributed by atoms with Gasteiger partial charge in [-0.3, -0.25) is 10.00 Å². The van der Waals surface area contributed by atoms with Gasteiger partial charge < -0.3 is 15.2 Å². The predicted molar refractivity (Wildman–Crippen MR) is 123 cm³/mol. The summed E-state index contributed by atoms with van der Waals surface area (Å²) in [4.78, 5) is 14.6. The number of benzene rings is 2. The van der Waals surface area contributed by atoms with Crippen LogP contribution >= 0.6 is 0 Å². The van der Waals surface area contributed by atoms with Crippen molar-refractivity contribution in [1.82, 2.24) is 15.5 Å². The smallest absolute Gasteiger partial charge is 0.322 e. The topological polar surface area (TPSA) is 90.5 Å². The summed E-state index contributed by atoms with van der Waals surface area (Å²) in [6.07, 6.45) is 6.18. The van der Waals surface area contributed by atoms with Gasteiger partial charge in [-0.2, -0.15) is 5.10 Å². The van der Waals surface area contributed by atoms with E-state index in [1.54, 1.807) is 24.5 Å². The SMILES string of the molecule is O=C(N[C@H](CCO)c1cc(F)cc(OCC2CC2)c1)N1CCc2cc(-c3cn[nH]c3)c(F)cc21. The van der Waals surface area contributed by atoms with E-state index in [4.69, 9.17) is 4.74 Å². The maximum atomic E-state index is 14.8. The minimum absolute atomic E-state index is 0.195. The standard InChI is InChI=1S/C25H26F2N4O3/c26-19-7-17(8-20(10-19)34-14-15-1-2-15)23(4-6-32)30-25(33)31-5-3-16-9-21(18-12-28-29-13-18)22(27)11-24(16)31/h7-13,15,23,32H,1-6,14H2,(H,28,29)(H,30,33)/t23-/m1/s1. The molecule has 178 valence electrons. The summed E-state index contributed by atoms with van der Waals surface area (Å²) in [6, 6.07) is 6.38. The van der Waals surface area contributed by atoms with Crippen molar-refractivity contribution < 1.29 is 23.4 Å². The minimum atomic E-state index is -0.629. The van der Waals surface area contributed by atoms with Crippen molar-refractivity contribution in [3.05, 3.63) is 65.5 Å². The number of halogens is 2. The van der Waals surface area contributed by atoms with E-state index in [1.807, 2.05) is 0 Å². The van der Waals surface area contributed by atoms with Crippen LogP contribution in [0.1, 0.15) is 36.4 Å². The van der Waals surface area contributed by atoms with Gasteiger partial charge in [0.05, 0.1) is 24.5 Å². The van der Waals surface area contributed by atoms with Gasteiger partial charge in [0.25, 0.3) is 0 Å². The number of aromatic amines is 1. The van der Waals surface area contributed by atoms with Gasteiger partial charge in [-0.25, -0.2) is 13.6 Å². The summed E-state index contributed by atoms with van der Waals surface area (Å²) in [6.45, 7) is 0.732. The second-order valence-corrected chi connectivity index (χ2v) is 8.84. The van der Waals surface area contributed by atoms with E-state index in [0.717, 1.165) is 18.4 Å². The van der Waals surface area contributed by atoms with Crippen LogP contribution in [0.2, 0.25) is 0 Å². The van der Waals surface area contributed by atoms with Crippen molar-refractivity contribution in [3.63, 3.8) is 0 Å². The van der Waals surface area contributed by atoms with Crippen molar-refractivity contribution in [2.75, 3.05) is 24.7 Å². The Balaban J connectivity index is 1.34. The number of nitrogens with one attached hydrogen (secondary N) is 2. The molecule has 0 saturated heterocycles. The second-order valence-electron chi connectivity index (χ2n) is 8.84. The fraction of sp³-hybridized carbons (Fsp3) is 0.360. The molecule has 3 N–H and O–H groups in total. The molecule has 0 unspecified atom stereocenters. The van der Waals surface area contributed by atoms with Crippen LogP contribution in [0.5, 0.6) is 5.75 Å². The summed E-state index contributed by atoms with van der Waals surface area (Å²) in [5.74, 6) is -0.000963. The number of amides is 2. The Morgan fingerprint density at radius 1 is 1.26 bits per heavy atom. The van der Waals surface area contributed by atoms with Gasteiger partial charge in [-0.1, -0.05) is 0 Å². The Morgan fingerprint density at radius 3 is 2.85 bits per heavy atom. The lowest BCUT2D eigenvalue weighted by Crippen LogP contribution is -2.41. The Kier molecular flexibility index (Phi) is 6.19. The van der Waals surface area contributed by atoms with Crippen LogP contribution in [-0.4, -0.2) is 41.1 Å². The van der Waals surface area contributed by atoms with Gasteiger partial charge in [0.2, 0.25) is 0 Å². The third kappa shape index (κ3) is 4.75. The molecule has 3 aromatic rings. The number of urea groups is 1. The van der Waals surface area contributed by atoms with Crippen LogP contribution in [-0.2, 0) is 6.42 Å². The first-order valence-electron chi connectivity index (χ1n) is 11.5. The number of ether oxygens (including phenoxy) is 1. The molecule has 0 radical (unpaired) electrons. The van der Waals surface area contributed by atoms with Gasteiger partial charge in [-0.05, 0) is 67.0 Å². The van der Waals surface area contributed by atoms with Gasteiger partial charge in [0.15, 0.2) is 0 Å². The molecule has 9 heteroatoms. The monoisotopic (exact) mass is 468 g/mol. The molecule has 1 aliphatic heterocycles. The lowest BCUT2D eigenvalue weighted by Gasteiger charge is -2.24. The second kappa shape index (κ2) is 9.42. The van der Waals surface area contributed by atoms with Gasteiger partial charge in [0, 0.05) is 36.5 Å². The molecule has 0 bridgehead atoms. The first-order valence-corrected chi connectivity index (χ1v) is 11.5. The maximum absolute atomic E-state index is 14.8. The maximum Gasteiger partial charge on any atom is 0.322 e. The number of hydrogen-bond donors (Lipinski definition) is 3. The number of aromatic nitrogens is 2. The molecule has 1 aromatic heterocycles. The van der Waals surface area contributed by atoms with E-state index in [1.165, 1.54) is 23.1 Å². The van der Waals surface area contributed by atoms with Gasteiger partial charge >= 0.3 is 6.03 Å². The Bertz CT molecular complexity index is 1180. The quantitative estimate of drug-likeness (QED) is 0.459. The van der Waals surface area contributed by atoms with E-state index in [2.05, 4.69) is 15.5 Å². The van der Waals surface area contributed by atoms with Crippen LogP contribution in [0.3, 0.4) is 0 Å². The predicted octanol–water partition coefficient (Wildman–Crippen LogP) is 4.34. The number of H-pyrrole nitrogens is 1. The minimum Gasteiger partial charge on any atom is -0.493 e. The van der Waals surface area contributed by atoms with Gasteiger partial charge in [-0.15, -0.1) is 0 Å². The number of rotatable bonds is 8. The summed E-state index contributed by atoms with van der Waals surface area (Å²) >= 11 is 0. The highest BCUT2D eigenvalue weighted by Gasteiger charge is 2.29. The molecule has 2 aromatic carbocycles. The molecule has 5 rings (SSSR count). The van der Waals surface area contributed by atoms with Crippen molar-refractivity contribution in [2.45, 2.75) is 31.7 Å². The van der Waals surface area contributed by atoms with Crippen molar-refractivity contribution >= 4 is 11.7 Å². The van der Waals surface area contributed by atoms with Crippen LogP contribution < -0.4 is 15.0 Å². The van der Waals surface area contributed by atoms with Crippen molar-refractivity contribution in [2.24, 2.45) is 5.92 Å². The number of hydrogen-bond acceptors (Lipinski definition) is 4. The van der Waals surface area contributed by atoms with Crippen LogP contribution in [0.25, 0.3) is 11.1 Å². The molecule has 1 aliphatic carbocycles. The highest BCUT2D eigenvalue weighted by molar-refractivity contribution is 5.95. The molecule has 7 nitrogen and oxygen atoms in total. The van der Waals surface area contributed by atoms with E-state index < -0.39 is 23.7 Å². The zero-order valence-electron chi connectivity index (χ0n) is 18.6. The van der Waals surface area contributed by atoms with E-state index in [0.29, 0.717) is 53.6 Å². The highest BCUT2D eigenvalue weighted by Crippen LogP contribution is 2.35. The number of anilines is 1. The Hall–Kier alpha value is -3.46. The highest BCUT2D eigenvalue weighted by atomic mass is 19.1. The molecule has 34 heavy (non-hydrogen) atoms. The number of nitrogens with zero attached hydrogens (tertiary/aromatic N) is 2.